The van der Waals surface area contributed by atoms with E-state index in [1.165, 1.54) is 12.8 Å². The molecule has 0 atom stereocenters. The lowest BCUT2D eigenvalue weighted by atomic mass is 10.3. The van der Waals surface area contributed by atoms with Crippen LogP contribution in [-0.4, -0.2) is 37.1 Å². The molecule has 0 aromatic heterocycles. The SMILES string of the molecule is C#CCN(CC1CC1)C(=O)CCOCCC. The highest BCUT2D eigenvalue weighted by atomic mass is 16.5. The van der Waals surface area contributed by atoms with Gasteiger partial charge < -0.3 is 9.64 Å². The first-order valence-electron chi connectivity index (χ1n) is 6.07. The molecular weight excluding hydrogens is 202 g/mol. The van der Waals surface area contributed by atoms with Gasteiger partial charge in [-0.2, -0.15) is 0 Å². The van der Waals surface area contributed by atoms with Crippen molar-refractivity contribution in [2.75, 3.05) is 26.3 Å². The molecule has 0 bridgehead atoms. The predicted octanol–water partition coefficient (Wildman–Crippen LogP) is 1.67. The van der Waals surface area contributed by atoms with E-state index in [1.807, 2.05) is 0 Å². The van der Waals surface area contributed by atoms with Crippen LogP contribution in [0, 0.1) is 18.3 Å². The van der Waals surface area contributed by atoms with Crippen molar-refractivity contribution in [3.8, 4) is 12.3 Å². The molecule has 90 valence electrons. The molecule has 1 rings (SSSR count). The van der Waals surface area contributed by atoms with Crippen molar-refractivity contribution < 1.29 is 9.53 Å². The summed E-state index contributed by atoms with van der Waals surface area (Å²) >= 11 is 0. The maximum Gasteiger partial charge on any atom is 0.225 e. The van der Waals surface area contributed by atoms with Gasteiger partial charge in [-0.1, -0.05) is 12.8 Å². The summed E-state index contributed by atoms with van der Waals surface area (Å²) in [4.78, 5) is 13.6. The van der Waals surface area contributed by atoms with Gasteiger partial charge in [-0.05, 0) is 25.2 Å². The summed E-state index contributed by atoms with van der Waals surface area (Å²) in [7, 11) is 0. The summed E-state index contributed by atoms with van der Waals surface area (Å²) in [6, 6.07) is 0. The van der Waals surface area contributed by atoms with Crippen molar-refractivity contribution in [3.05, 3.63) is 0 Å². The Hall–Kier alpha value is -1.01. The zero-order valence-electron chi connectivity index (χ0n) is 10.1. The van der Waals surface area contributed by atoms with Gasteiger partial charge in [0.25, 0.3) is 0 Å². The van der Waals surface area contributed by atoms with Crippen LogP contribution in [0.1, 0.15) is 32.6 Å². The van der Waals surface area contributed by atoms with Crippen molar-refractivity contribution in [1.29, 1.82) is 0 Å². The fourth-order valence-electron chi connectivity index (χ4n) is 1.54. The zero-order chi connectivity index (χ0) is 11.8. The summed E-state index contributed by atoms with van der Waals surface area (Å²) in [6.45, 7) is 4.56. The fraction of sp³-hybridized carbons (Fsp3) is 0.769. The number of amides is 1. The number of hydrogen-bond acceptors (Lipinski definition) is 2. The van der Waals surface area contributed by atoms with Crippen LogP contribution in [0.25, 0.3) is 0 Å². The standard InChI is InChI=1S/C13H21NO2/c1-3-8-14(11-12-5-6-12)13(15)7-10-16-9-4-2/h1,12H,4-11H2,2H3. The highest BCUT2D eigenvalue weighted by Gasteiger charge is 2.26. The lowest BCUT2D eigenvalue weighted by Crippen LogP contribution is -2.33. The van der Waals surface area contributed by atoms with E-state index in [-0.39, 0.29) is 5.91 Å². The molecule has 1 aliphatic carbocycles. The van der Waals surface area contributed by atoms with Crippen LogP contribution >= 0.6 is 0 Å². The molecule has 0 N–H and O–H groups in total. The minimum Gasteiger partial charge on any atom is -0.381 e. The van der Waals surface area contributed by atoms with Crippen molar-refractivity contribution in [3.63, 3.8) is 0 Å². The van der Waals surface area contributed by atoms with Crippen LogP contribution < -0.4 is 0 Å². The first-order chi connectivity index (χ1) is 7.77. The number of carbonyl (C=O) groups excluding carboxylic acids is 1. The van der Waals surface area contributed by atoms with Gasteiger partial charge in [-0.25, -0.2) is 0 Å². The van der Waals surface area contributed by atoms with Crippen molar-refractivity contribution >= 4 is 5.91 Å². The number of rotatable bonds is 8. The summed E-state index contributed by atoms with van der Waals surface area (Å²) < 4.78 is 5.30. The average molecular weight is 223 g/mol. The zero-order valence-corrected chi connectivity index (χ0v) is 10.1. The fourth-order valence-corrected chi connectivity index (χ4v) is 1.54. The average Bonchev–Trinajstić information content (AvgIpc) is 3.07. The molecule has 1 saturated carbocycles. The number of terminal acetylenes is 1. The van der Waals surface area contributed by atoms with Gasteiger partial charge >= 0.3 is 0 Å². The van der Waals surface area contributed by atoms with Gasteiger partial charge in [0.05, 0.1) is 19.6 Å². The molecule has 3 nitrogen and oxygen atoms in total. The Balaban J connectivity index is 2.20. The van der Waals surface area contributed by atoms with E-state index < -0.39 is 0 Å². The minimum absolute atomic E-state index is 0.126. The molecule has 0 heterocycles. The minimum atomic E-state index is 0.126. The third kappa shape index (κ3) is 5.18. The second-order valence-electron chi connectivity index (χ2n) is 4.28. The van der Waals surface area contributed by atoms with Gasteiger partial charge in [0, 0.05) is 13.2 Å². The predicted molar refractivity (Wildman–Crippen MR) is 63.9 cm³/mol. The van der Waals surface area contributed by atoms with Crippen molar-refractivity contribution in [2.24, 2.45) is 5.92 Å². The van der Waals surface area contributed by atoms with E-state index in [0.717, 1.165) is 19.6 Å². The molecular formula is C13H21NO2. The van der Waals surface area contributed by atoms with Crippen LogP contribution in [0.15, 0.2) is 0 Å². The molecule has 0 aromatic carbocycles. The normalized spacial score (nSPS) is 14.5. The molecule has 0 aromatic rings. The van der Waals surface area contributed by atoms with Crippen molar-refractivity contribution in [1.82, 2.24) is 4.90 Å². The van der Waals surface area contributed by atoms with E-state index in [4.69, 9.17) is 11.2 Å². The van der Waals surface area contributed by atoms with Gasteiger partial charge in [-0.3, -0.25) is 4.79 Å². The smallest absolute Gasteiger partial charge is 0.225 e. The van der Waals surface area contributed by atoms with Gasteiger partial charge in [-0.15, -0.1) is 6.42 Å². The molecule has 0 radical (unpaired) electrons. The molecule has 0 unspecified atom stereocenters. The number of carbonyl (C=O) groups is 1. The largest absolute Gasteiger partial charge is 0.381 e. The van der Waals surface area contributed by atoms with Crippen LogP contribution in [0.3, 0.4) is 0 Å². The summed E-state index contributed by atoms with van der Waals surface area (Å²) in [6.07, 6.45) is 9.18. The molecule has 3 heteroatoms. The Morgan fingerprint density at radius 2 is 2.25 bits per heavy atom. The van der Waals surface area contributed by atoms with E-state index in [0.29, 0.717) is 25.5 Å². The number of hydrogen-bond donors (Lipinski definition) is 0. The third-order valence-corrected chi connectivity index (χ3v) is 2.62. The quantitative estimate of drug-likeness (QED) is 0.463. The van der Waals surface area contributed by atoms with E-state index in [1.54, 1.807) is 4.90 Å². The second kappa shape index (κ2) is 7.29. The number of ether oxygens (including phenoxy) is 1. The molecule has 0 saturated heterocycles. The maximum atomic E-state index is 11.8. The third-order valence-electron chi connectivity index (χ3n) is 2.62. The van der Waals surface area contributed by atoms with Crippen molar-refractivity contribution in [2.45, 2.75) is 32.6 Å². The van der Waals surface area contributed by atoms with Crippen LogP contribution in [0.2, 0.25) is 0 Å². The van der Waals surface area contributed by atoms with E-state index in [9.17, 15) is 4.79 Å². The summed E-state index contributed by atoms with van der Waals surface area (Å²) in [5.41, 5.74) is 0. The molecule has 0 aliphatic heterocycles. The molecule has 0 spiro atoms. The van der Waals surface area contributed by atoms with E-state index >= 15 is 0 Å². The Morgan fingerprint density at radius 1 is 1.50 bits per heavy atom. The Labute approximate surface area is 98.1 Å². The van der Waals surface area contributed by atoms with E-state index in [2.05, 4.69) is 12.8 Å². The highest BCUT2D eigenvalue weighted by Crippen LogP contribution is 2.29. The van der Waals surface area contributed by atoms with Gasteiger partial charge in [0.15, 0.2) is 0 Å². The lowest BCUT2D eigenvalue weighted by molar-refractivity contribution is -0.132. The Kier molecular flexibility index (Phi) is 5.95. The Bertz CT molecular complexity index is 253. The monoisotopic (exact) mass is 223 g/mol. The summed E-state index contributed by atoms with van der Waals surface area (Å²) in [5, 5.41) is 0. The van der Waals surface area contributed by atoms with Crippen LogP contribution in [0.4, 0.5) is 0 Å². The van der Waals surface area contributed by atoms with Gasteiger partial charge in [0.1, 0.15) is 0 Å². The first-order valence-corrected chi connectivity index (χ1v) is 6.07. The number of nitrogens with zero attached hydrogens (tertiary/aromatic N) is 1. The first kappa shape index (κ1) is 13.1. The Morgan fingerprint density at radius 3 is 2.81 bits per heavy atom. The molecule has 1 amide bonds. The topological polar surface area (TPSA) is 29.5 Å². The second-order valence-corrected chi connectivity index (χ2v) is 4.28. The lowest BCUT2D eigenvalue weighted by Gasteiger charge is -2.19. The molecule has 16 heavy (non-hydrogen) atoms. The highest BCUT2D eigenvalue weighted by molar-refractivity contribution is 5.76. The molecule has 1 aliphatic rings. The molecule has 1 fully saturated rings. The maximum absolute atomic E-state index is 11.8. The van der Waals surface area contributed by atoms with Crippen LogP contribution in [0.5, 0.6) is 0 Å². The van der Waals surface area contributed by atoms with Crippen LogP contribution in [-0.2, 0) is 9.53 Å². The summed E-state index contributed by atoms with van der Waals surface area (Å²) in [5.74, 6) is 3.36. The van der Waals surface area contributed by atoms with Gasteiger partial charge in [0.2, 0.25) is 5.91 Å².